The van der Waals surface area contributed by atoms with Gasteiger partial charge in [-0.1, -0.05) is 64.5 Å². The highest BCUT2D eigenvalue weighted by Crippen LogP contribution is 2.18. The number of benzene rings is 1. The first-order valence-electron chi connectivity index (χ1n) is 9.55. The molecule has 0 unspecified atom stereocenters. The summed E-state index contributed by atoms with van der Waals surface area (Å²) in [7, 11) is 0. The van der Waals surface area contributed by atoms with Gasteiger partial charge in [0.05, 0.1) is 6.61 Å². The maximum Gasteiger partial charge on any atom is 0.303 e. The second kappa shape index (κ2) is 12.9. The standard InChI is InChI=1S/C21H34O3/c1-3-18(2)16-19-12-11-13-20(17-19)24-15-10-8-6-4-5-7-9-14-21(22)23/h11-13,17-18H,3-10,14-16H2,1-2H3,(H,22,23)/t18-/m1/s1. The van der Waals surface area contributed by atoms with Gasteiger partial charge in [-0.05, 0) is 42.9 Å². The van der Waals surface area contributed by atoms with Crippen molar-refractivity contribution in [2.45, 2.75) is 78.1 Å². The summed E-state index contributed by atoms with van der Waals surface area (Å²) in [6, 6.07) is 8.49. The fourth-order valence-electron chi connectivity index (χ4n) is 2.76. The summed E-state index contributed by atoms with van der Waals surface area (Å²) in [5, 5.41) is 8.57. The van der Waals surface area contributed by atoms with Gasteiger partial charge in [-0.25, -0.2) is 0 Å². The number of carboxylic acid groups (broad SMARTS) is 1. The predicted molar refractivity (Wildman–Crippen MR) is 99.7 cm³/mol. The van der Waals surface area contributed by atoms with E-state index in [1.54, 1.807) is 0 Å². The molecule has 0 bridgehead atoms. The topological polar surface area (TPSA) is 46.5 Å². The molecule has 0 spiro atoms. The lowest BCUT2D eigenvalue weighted by molar-refractivity contribution is -0.137. The van der Waals surface area contributed by atoms with Crippen molar-refractivity contribution < 1.29 is 14.6 Å². The molecular weight excluding hydrogens is 300 g/mol. The van der Waals surface area contributed by atoms with Crippen LogP contribution in [0.15, 0.2) is 24.3 Å². The van der Waals surface area contributed by atoms with E-state index in [0.29, 0.717) is 6.42 Å². The van der Waals surface area contributed by atoms with E-state index in [1.807, 2.05) is 6.07 Å². The highest BCUT2D eigenvalue weighted by atomic mass is 16.5. The van der Waals surface area contributed by atoms with Gasteiger partial charge in [-0.2, -0.15) is 0 Å². The third kappa shape index (κ3) is 10.3. The third-order valence-electron chi connectivity index (χ3n) is 4.48. The normalized spacial score (nSPS) is 12.1. The largest absolute Gasteiger partial charge is 0.494 e. The molecule has 1 aromatic rings. The Morgan fingerprint density at radius 3 is 2.42 bits per heavy atom. The maximum absolute atomic E-state index is 10.4. The molecule has 0 aliphatic carbocycles. The van der Waals surface area contributed by atoms with Gasteiger partial charge in [0, 0.05) is 6.42 Å². The van der Waals surface area contributed by atoms with Gasteiger partial charge in [0.1, 0.15) is 5.75 Å². The van der Waals surface area contributed by atoms with Gasteiger partial charge in [-0.15, -0.1) is 0 Å². The molecule has 136 valence electrons. The number of unbranched alkanes of at least 4 members (excludes halogenated alkanes) is 6. The van der Waals surface area contributed by atoms with E-state index in [0.717, 1.165) is 50.4 Å². The first kappa shape index (κ1) is 20.5. The van der Waals surface area contributed by atoms with Crippen LogP contribution in [0, 0.1) is 5.92 Å². The van der Waals surface area contributed by atoms with Gasteiger partial charge in [0.2, 0.25) is 0 Å². The quantitative estimate of drug-likeness (QED) is 0.433. The summed E-state index contributed by atoms with van der Waals surface area (Å²) in [4.78, 5) is 10.4. The van der Waals surface area contributed by atoms with Crippen molar-refractivity contribution in [2.24, 2.45) is 5.92 Å². The Balaban J connectivity index is 2.05. The van der Waals surface area contributed by atoms with Crippen LogP contribution in [-0.2, 0) is 11.2 Å². The second-order valence-corrected chi connectivity index (χ2v) is 6.83. The highest BCUT2D eigenvalue weighted by Gasteiger charge is 2.03. The predicted octanol–water partition coefficient (Wildman–Crippen LogP) is 5.86. The lowest BCUT2D eigenvalue weighted by Gasteiger charge is -2.11. The zero-order chi connectivity index (χ0) is 17.6. The van der Waals surface area contributed by atoms with E-state index in [4.69, 9.17) is 9.84 Å². The molecule has 1 N–H and O–H groups in total. The van der Waals surface area contributed by atoms with Crippen molar-refractivity contribution in [3.63, 3.8) is 0 Å². The minimum Gasteiger partial charge on any atom is -0.494 e. The molecule has 0 aliphatic heterocycles. The SMILES string of the molecule is CC[C@@H](C)Cc1cccc(OCCCCCCCCCC(=O)O)c1. The van der Waals surface area contributed by atoms with Gasteiger partial charge in [0.15, 0.2) is 0 Å². The Morgan fingerprint density at radius 1 is 1.08 bits per heavy atom. The molecule has 0 fully saturated rings. The molecule has 1 aromatic carbocycles. The van der Waals surface area contributed by atoms with E-state index in [1.165, 1.54) is 31.2 Å². The van der Waals surface area contributed by atoms with Crippen LogP contribution in [0.1, 0.15) is 77.2 Å². The molecular formula is C21H34O3. The Hall–Kier alpha value is -1.51. The number of aliphatic carboxylic acids is 1. The van der Waals surface area contributed by atoms with Gasteiger partial charge >= 0.3 is 5.97 Å². The number of rotatable bonds is 14. The number of carboxylic acids is 1. The van der Waals surface area contributed by atoms with Crippen molar-refractivity contribution in [3.05, 3.63) is 29.8 Å². The Bertz CT molecular complexity index is 456. The van der Waals surface area contributed by atoms with Crippen LogP contribution >= 0.6 is 0 Å². The molecule has 1 rings (SSSR count). The molecule has 24 heavy (non-hydrogen) atoms. The molecule has 0 aromatic heterocycles. The molecule has 1 atom stereocenters. The van der Waals surface area contributed by atoms with Crippen LogP contribution in [0.4, 0.5) is 0 Å². The fraction of sp³-hybridized carbons (Fsp3) is 0.667. The van der Waals surface area contributed by atoms with Crippen LogP contribution in [0.25, 0.3) is 0 Å². The maximum atomic E-state index is 10.4. The number of hydrogen-bond donors (Lipinski definition) is 1. The second-order valence-electron chi connectivity index (χ2n) is 6.83. The van der Waals surface area contributed by atoms with E-state index >= 15 is 0 Å². The molecule has 0 amide bonds. The molecule has 0 saturated carbocycles. The van der Waals surface area contributed by atoms with Crippen molar-refractivity contribution in [1.29, 1.82) is 0 Å². The van der Waals surface area contributed by atoms with Crippen LogP contribution in [0.5, 0.6) is 5.75 Å². The number of carbonyl (C=O) groups is 1. The van der Waals surface area contributed by atoms with Gasteiger partial charge < -0.3 is 9.84 Å². The molecule has 0 aliphatic rings. The van der Waals surface area contributed by atoms with Gasteiger partial charge in [-0.3, -0.25) is 4.79 Å². The zero-order valence-electron chi connectivity index (χ0n) is 15.4. The van der Waals surface area contributed by atoms with Crippen molar-refractivity contribution >= 4 is 5.97 Å². The Morgan fingerprint density at radius 2 is 1.75 bits per heavy atom. The van der Waals surface area contributed by atoms with E-state index in [2.05, 4.69) is 32.0 Å². The monoisotopic (exact) mass is 334 g/mol. The van der Waals surface area contributed by atoms with Crippen LogP contribution in [0.2, 0.25) is 0 Å². The average Bonchev–Trinajstić information content (AvgIpc) is 2.56. The Kier molecular flexibility index (Phi) is 11.0. The average molecular weight is 334 g/mol. The smallest absolute Gasteiger partial charge is 0.303 e. The summed E-state index contributed by atoms with van der Waals surface area (Å²) >= 11 is 0. The minimum absolute atomic E-state index is 0.309. The first-order valence-corrected chi connectivity index (χ1v) is 9.55. The van der Waals surface area contributed by atoms with Gasteiger partial charge in [0.25, 0.3) is 0 Å². The highest BCUT2D eigenvalue weighted by molar-refractivity contribution is 5.66. The molecule has 3 nitrogen and oxygen atoms in total. The molecule has 3 heteroatoms. The summed E-state index contributed by atoms with van der Waals surface area (Å²) in [6.07, 6.45) is 10.3. The van der Waals surface area contributed by atoms with Crippen molar-refractivity contribution in [2.75, 3.05) is 6.61 Å². The van der Waals surface area contributed by atoms with Crippen molar-refractivity contribution in [1.82, 2.24) is 0 Å². The molecule has 0 heterocycles. The summed E-state index contributed by atoms with van der Waals surface area (Å²) in [5.41, 5.74) is 1.36. The third-order valence-corrected chi connectivity index (χ3v) is 4.48. The Labute approximate surface area is 147 Å². The lowest BCUT2D eigenvalue weighted by Crippen LogP contribution is -2.00. The first-order chi connectivity index (χ1) is 11.6. The zero-order valence-corrected chi connectivity index (χ0v) is 15.4. The van der Waals surface area contributed by atoms with Crippen LogP contribution in [0.3, 0.4) is 0 Å². The summed E-state index contributed by atoms with van der Waals surface area (Å²) in [6.45, 7) is 5.30. The van der Waals surface area contributed by atoms with Crippen LogP contribution in [-0.4, -0.2) is 17.7 Å². The molecule has 0 saturated heterocycles. The number of ether oxygens (including phenoxy) is 1. The van der Waals surface area contributed by atoms with Crippen molar-refractivity contribution in [3.8, 4) is 5.75 Å². The van der Waals surface area contributed by atoms with E-state index in [9.17, 15) is 4.79 Å². The summed E-state index contributed by atoms with van der Waals surface area (Å²) in [5.74, 6) is 1.03. The van der Waals surface area contributed by atoms with E-state index in [-0.39, 0.29) is 0 Å². The molecule has 0 radical (unpaired) electrons. The summed E-state index contributed by atoms with van der Waals surface area (Å²) < 4.78 is 5.87. The van der Waals surface area contributed by atoms with E-state index < -0.39 is 5.97 Å². The van der Waals surface area contributed by atoms with Crippen LogP contribution < -0.4 is 4.74 Å². The number of hydrogen-bond acceptors (Lipinski definition) is 2. The minimum atomic E-state index is -0.680. The lowest BCUT2D eigenvalue weighted by atomic mass is 9.99. The fourth-order valence-corrected chi connectivity index (χ4v) is 2.76.